The van der Waals surface area contributed by atoms with E-state index in [0.717, 1.165) is 30.6 Å². The Hall–Kier alpha value is -2.81. The Morgan fingerprint density at radius 1 is 1.03 bits per heavy atom. The first-order valence-electron chi connectivity index (χ1n) is 11.3. The number of hydrogen-bond donors (Lipinski definition) is 2. The van der Waals surface area contributed by atoms with Crippen molar-refractivity contribution in [2.24, 2.45) is 5.92 Å². The lowest BCUT2D eigenvalue weighted by molar-refractivity contribution is -0.131. The van der Waals surface area contributed by atoms with Gasteiger partial charge in [0.05, 0.1) is 6.42 Å². The number of anilines is 1. The molecule has 2 fully saturated rings. The van der Waals surface area contributed by atoms with E-state index in [1.165, 1.54) is 18.8 Å². The highest BCUT2D eigenvalue weighted by atomic mass is 32.1. The fourth-order valence-corrected chi connectivity index (χ4v) is 5.08. The highest BCUT2D eigenvalue weighted by Crippen LogP contribution is 2.25. The zero-order valence-electron chi connectivity index (χ0n) is 18.1. The third kappa shape index (κ3) is 5.70. The maximum Gasteiger partial charge on any atom is 0.273 e. The van der Waals surface area contributed by atoms with Gasteiger partial charge in [0.2, 0.25) is 11.8 Å². The third-order valence-corrected chi connectivity index (χ3v) is 7.10. The van der Waals surface area contributed by atoms with Crippen molar-refractivity contribution in [3.05, 3.63) is 40.5 Å². The lowest BCUT2D eigenvalue weighted by atomic mass is 9.89. The molecule has 8 nitrogen and oxygen atoms in total. The molecule has 4 rings (SSSR count). The third-order valence-electron chi connectivity index (χ3n) is 6.22. The van der Waals surface area contributed by atoms with Crippen LogP contribution >= 0.6 is 11.3 Å². The minimum Gasteiger partial charge on any atom is -0.348 e. The van der Waals surface area contributed by atoms with Gasteiger partial charge in [-0.25, -0.2) is 9.97 Å². The molecule has 3 heterocycles. The topological polar surface area (TPSA) is 104 Å². The summed E-state index contributed by atoms with van der Waals surface area (Å²) < 4.78 is 0. The maximum absolute atomic E-state index is 12.9. The quantitative estimate of drug-likeness (QED) is 0.697. The lowest BCUT2D eigenvalue weighted by Crippen LogP contribution is -2.47. The second-order valence-electron chi connectivity index (χ2n) is 8.46. The zero-order chi connectivity index (χ0) is 22.3. The number of rotatable bonds is 6. The van der Waals surface area contributed by atoms with E-state index in [-0.39, 0.29) is 41.2 Å². The molecular weight excluding hydrogens is 426 g/mol. The van der Waals surface area contributed by atoms with Gasteiger partial charge in [0.25, 0.3) is 5.91 Å². The average molecular weight is 456 g/mol. The summed E-state index contributed by atoms with van der Waals surface area (Å²) >= 11 is 1.59. The fourth-order valence-electron chi connectivity index (χ4n) is 4.38. The average Bonchev–Trinajstić information content (AvgIpc) is 3.33. The van der Waals surface area contributed by atoms with E-state index >= 15 is 0 Å². The van der Waals surface area contributed by atoms with Crippen molar-refractivity contribution in [1.29, 1.82) is 0 Å². The predicted molar refractivity (Wildman–Crippen MR) is 122 cm³/mol. The van der Waals surface area contributed by atoms with E-state index < -0.39 is 0 Å². The summed E-state index contributed by atoms with van der Waals surface area (Å²) in [5, 5.41) is 7.80. The van der Waals surface area contributed by atoms with Crippen LogP contribution in [-0.4, -0.2) is 51.7 Å². The molecule has 32 heavy (non-hydrogen) atoms. The van der Waals surface area contributed by atoms with Gasteiger partial charge in [-0.15, -0.1) is 11.3 Å². The number of amides is 3. The Kier molecular flexibility index (Phi) is 7.47. The first-order chi connectivity index (χ1) is 15.6. The van der Waals surface area contributed by atoms with Crippen LogP contribution in [0.25, 0.3) is 0 Å². The van der Waals surface area contributed by atoms with Crippen molar-refractivity contribution < 1.29 is 14.4 Å². The second-order valence-corrected chi connectivity index (χ2v) is 9.49. The molecule has 0 radical (unpaired) electrons. The first kappa shape index (κ1) is 22.4. The maximum atomic E-state index is 12.9. The van der Waals surface area contributed by atoms with Gasteiger partial charge in [-0.05, 0) is 37.1 Å². The normalized spacial score (nSPS) is 17.7. The van der Waals surface area contributed by atoms with Crippen molar-refractivity contribution in [3.63, 3.8) is 0 Å². The van der Waals surface area contributed by atoms with E-state index in [4.69, 9.17) is 0 Å². The number of aromatic nitrogens is 2. The molecular formula is C23H29N5O3S. The standard InChI is InChI=1S/C23H29N5O3S/c29-19(15-18-7-4-14-32-18)28-12-8-17(9-13-28)26-23(31)20-21(25-11-10-24-20)27-22(30)16-5-2-1-3-6-16/h4,7,10-11,14,16-17H,1-3,5-6,8-9,12-13,15H2,(H,26,31)(H,25,27,30). The highest BCUT2D eigenvalue weighted by molar-refractivity contribution is 7.10. The van der Waals surface area contributed by atoms with Crippen LogP contribution in [0.5, 0.6) is 0 Å². The summed E-state index contributed by atoms with van der Waals surface area (Å²) in [4.78, 5) is 49.2. The van der Waals surface area contributed by atoms with Gasteiger partial charge in [0, 0.05) is 42.3 Å². The van der Waals surface area contributed by atoms with Gasteiger partial charge in [0.1, 0.15) is 0 Å². The van der Waals surface area contributed by atoms with E-state index in [1.807, 2.05) is 22.4 Å². The zero-order valence-corrected chi connectivity index (χ0v) is 18.9. The van der Waals surface area contributed by atoms with Crippen molar-refractivity contribution in [2.45, 2.75) is 57.4 Å². The Balaban J connectivity index is 1.30. The van der Waals surface area contributed by atoms with Gasteiger partial charge >= 0.3 is 0 Å². The smallest absolute Gasteiger partial charge is 0.273 e. The molecule has 0 bridgehead atoms. The second kappa shape index (κ2) is 10.7. The van der Waals surface area contributed by atoms with Crippen molar-refractivity contribution in [1.82, 2.24) is 20.2 Å². The molecule has 1 aliphatic carbocycles. The summed E-state index contributed by atoms with van der Waals surface area (Å²) in [5.41, 5.74) is 0.132. The number of carbonyl (C=O) groups excluding carboxylic acids is 3. The van der Waals surface area contributed by atoms with Crippen LogP contribution < -0.4 is 10.6 Å². The number of nitrogens with one attached hydrogen (secondary N) is 2. The van der Waals surface area contributed by atoms with Gasteiger partial charge in [0.15, 0.2) is 11.5 Å². The number of likely N-dealkylation sites (tertiary alicyclic amines) is 1. The Labute approximate surface area is 191 Å². The highest BCUT2D eigenvalue weighted by Gasteiger charge is 2.27. The van der Waals surface area contributed by atoms with Crippen LogP contribution in [0.15, 0.2) is 29.9 Å². The van der Waals surface area contributed by atoms with Gasteiger partial charge in [-0.2, -0.15) is 0 Å². The molecule has 1 saturated heterocycles. The molecule has 3 amide bonds. The van der Waals surface area contributed by atoms with Gasteiger partial charge in [-0.1, -0.05) is 25.3 Å². The molecule has 2 aromatic rings. The largest absolute Gasteiger partial charge is 0.348 e. The molecule has 9 heteroatoms. The number of piperidine rings is 1. The van der Waals surface area contributed by atoms with Crippen molar-refractivity contribution >= 4 is 34.9 Å². The predicted octanol–water partition coefficient (Wildman–Crippen LogP) is 3.02. The molecule has 0 atom stereocenters. The molecule has 2 N–H and O–H groups in total. The van der Waals surface area contributed by atoms with Crippen molar-refractivity contribution in [2.75, 3.05) is 18.4 Å². The van der Waals surface area contributed by atoms with Crippen LogP contribution in [0.2, 0.25) is 0 Å². The lowest BCUT2D eigenvalue weighted by Gasteiger charge is -2.32. The van der Waals surface area contributed by atoms with Crippen LogP contribution in [0.3, 0.4) is 0 Å². The molecule has 2 aliphatic rings. The van der Waals surface area contributed by atoms with Crippen LogP contribution in [0.1, 0.15) is 60.3 Å². The summed E-state index contributed by atoms with van der Waals surface area (Å²) in [7, 11) is 0. The molecule has 0 aromatic carbocycles. The Morgan fingerprint density at radius 2 is 1.78 bits per heavy atom. The molecule has 1 aliphatic heterocycles. The SMILES string of the molecule is O=C(NC1CCN(C(=O)Cc2cccs2)CC1)c1nccnc1NC(=O)C1CCCCC1. The summed E-state index contributed by atoms with van der Waals surface area (Å²) in [6, 6.07) is 3.88. The molecule has 1 saturated carbocycles. The van der Waals surface area contributed by atoms with Crippen LogP contribution in [0, 0.1) is 5.92 Å². The fraction of sp³-hybridized carbons (Fsp3) is 0.522. The number of nitrogens with zero attached hydrogens (tertiary/aromatic N) is 3. The molecule has 2 aromatic heterocycles. The van der Waals surface area contributed by atoms with Gasteiger partial charge < -0.3 is 15.5 Å². The minimum absolute atomic E-state index is 0.0299. The van der Waals surface area contributed by atoms with Crippen LogP contribution in [-0.2, 0) is 16.0 Å². The van der Waals surface area contributed by atoms with Crippen LogP contribution in [0.4, 0.5) is 5.82 Å². The number of hydrogen-bond acceptors (Lipinski definition) is 6. The molecule has 170 valence electrons. The summed E-state index contributed by atoms with van der Waals surface area (Å²) in [5.74, 6) is -0.127. The Morgan fingerprint density at radius 3 is 2.50 bits per heavy atom. The van der Waals surface area contributed by atoms with E-state index in [0.29, 0.717) is 32.4 Å². The first-order valence-corrected chi connectivity index (χ1v) is 12.2. The monoisotopic (exact) mass is 455 g/mol. The number of thiophene rings is 1. The van der Waals surface area contributed by atoms with E-state index in [2.05, 4.69) is 20.6 Å². The number of carbonyl (C=O) groups is 3. The summed E-state index contributed by atoms with van der Waals surface area (Å²) in [6.45, 7) is 1.22. The summed E-state index contributed by atoms with van der Waals surface area (Å²) in [6.07, 6.45) is 9.76. The van der Waals surface area contributed by atoms with E-state index in [9.17, 15) is 14.4 Å². The van der Waals surface area contributed by atoms with Crippen molar-refractivity contribution in [3.8, 4) is 0 Å². The Bertz CT molecular complexity index is 935. The minimum atomic E-state index is -0.347. The molecule has 0 unspecified atom stereocenters. The van der Waals surface area contributed by atoms with Gasteiger partial charge in [-0.3, -0.25) is 14.4 Å². The molecule has 0 spiro atoms. The van der Waals surface area contributed by atoms with E-state index in [1.54, 1.807) is 11.3 Å².